The molecule has 0 atom stereocenters. The number of nitrogens with zero attached hydrogens (tertiary/aromatic N) is 2. The summed E-state index contributed by atoms with van der Waals surface area (Å²) in [6.45, 7) is -0.508. The first kappa shape index (κ1) is 20.8. The average Bonchev–Trinajstić information content (AvgIpc) is 3.16. The van der Waals surface area contributed by atoms with Gasteiger partial charge in [0.25, 0.3) is 5.91 Å². The maximum atomic E-state index is 13.0. The second kappa shape index (κ2) is 9.49. The van der Waals surface area contributed by atoms with Gasteiger partial charge in [0, 0.05) is 17.0 Å². The van der Waals surface area contributed by atoms with Gasteiger partial charge in [-0.05, 0) is 42.5 Å². The second-order valence-corrected chi connectivity index (χ2v) is 6.70. The first-order valence-corrected chi connectivity index (χ1v) is 9.15. The number of carbonyl (C=O) groups excluding carboxylic acids is 2. The Morgan fingerprint density at radius 1 is 1.14 bits per heavy atom. The van der Waals surface area contributed by atoms with E-state index < -0.39 is 24.3 Å². The summed E-state index contributed by atoms with van der Waals surface area (Å²) in [6, 6.07) is 10.4. The van der Waals surface area contributed by atoms with Gasteiger partial charge in [-0.1, -0.05) is 28.4 Å². The number of esters is 1. The summed E-state index contributed by atoms with van der Waals surface area (Å²) in [5.41, 5.74) is 0.942. The molecule has 0 saturated carbocycles. The van der Waals surface area contributed by atoms with E-state index in [-0.39, 0.29) is 29.4 Å². The molecule has 1 heterocycles. The molecule has 0 unspecified atom stereocenters. The van der Waals surface area contributed by atoms with Crippen molar-refractivity contribution in [2.45, 2.75) is 12.8 Å². The van der Waals surface area contributed by atoms with Crippen molar-refractivity contribution >= 4 is 40.8 Å². The molecule has 0 aliphatic carbocycles. The first-order chi connectivity index (χ1) is 13.9. The van der Waals surface area contributed by atoms with Gasteiger partial charge in [0.1, 0.15) is 5.82 Å². The van der Waals surface area contributed by atoms with Crippen LogP contribution in [0.25, 0.3) is 11.4 Å². The highest BCUT2D eigenvalue weighted by molar-refractivity contribution is 6.33. The van der Waals surface area contributed by atoms with Crippen LogP contribution in [0.15, 0.2) is 47.0 Å². The Hall–Kier alpha value is -2.97. The lowest BCUT2D eigenvalue weighted by Gasteiger charge is -2.07. The molecule has 0 bridgehead atoms. The molecule has 0 radical (unpaired) electrons. The highest BCUT2D eigenvalue weighted by Crippen LogP contribution is 2.22. The summed E-state index contributed by atoms with van der Waals surface area (Å²) >= 11 is 11.6. The minimum atomic E-state index is -0.614. The number of hydrogen-bond donors (Lipinski definition) is 1. The van der Waals surface area contributed by atoms with Crippen molar-refractivity contribution in [2.75, 3.05) is 11.9 Å². The van der Waals surface area contributed by atoms with Crippen molar-refractivity contribution in [1.29, 1.82) is 0 Å². The molecule has 0 fully saturated rings. The number of aromatic nitrogens is 2. The third-order valence-corrected chi connectivity index (χ3v) is 4.25. The van der Waals surface area contributed by atoms with Crippen molar-refractivity contribution in [1.82, 2.24) is 10.1 Å². The zero-order valence-corrected chi connectivity index (χ0v) is 16.3. The third-order valence-electron chi connectivity index (χ3n) is 3.68. The molecule has 29 heavy (non-hydrogen) atoms. The Kier molecular flexibility index (Phi) is 6.79. The van der Waals surface area contributed by atoms with E-state index in [1.165, 1.54) is 6.07 Å². The maximum Gasteiger partial charge on any atom is 0.306 e. The number of anilines is 1. The van der Waals surface area contributed by atoms with Gasteiger partial charge in [0.2, 0.25) is 11.7 Å². The van der Waals surface area contributed by atoms with E-state index in [0.717, 1.165) is 17.7 Å². The Balaban J connectivity index is 1.44. The van der Waals surface area contributed by atoms with E-state index in [4.69, 9.17) is 32.5 Å². The van der Waals surface area contributed by atoms with Gasteiger partial charge in [0.05, 0.1) is 17.1 Å². The standard InChI is InChI=1S/C19H14Cl2FN3O4/c20-12-3-1-11(2-4-12)19-24-17(29-25-19)7-8-18(27)28-10-16(26)23-15-6-5-13(22)9-14(15)21/h1-6,9H,7-8,10H2,(H,23,26). The van der Waals surface area contributed by atoms with Crippen molar-refractivity contribution in [3.8, 4) is 11.4 Å². The summed E-state index contributed by atoms with van der Waals surface area (Å²) in [7, 11) is 0. The summed E-state index contributed by atoms with van der Waals surface area (Å²) in [4.78, 5) is 27.8. The smallest absolute Gasteiger partial charge is 0.306 e. The van der Waals surface area contributed by atoms with E-state index >= 15 is 0 Å². The predicted octanol–water partition coefficient (Wildman–Crippen LogP) is 4.30. The predicted molar refractivity (Wildman–Crippen MR) is 104 cm³/mol. The summed E-state index contributed by atoms with van der Waals surface area (Å²) in [6.07, 6.45) is 0.109. The van der Waals surface area contributed by atoms with Crippen molar-refractivity contribution in [3.63, 3.8) is 0 Å². The Morgan fingerprint density at radius 2 is 1.90 bits per heavy atom. The normalized spacial score (nSPS) is 10.6. The minimum Gasteiger partial charge on any atom is -0.456 e. The van der Waals surface area contributed by atoms with Gasteiger partial charge in [0.15, 0.2) is 6.61 Å². The molecule has 0 aliphatic rings. The molecule has 3 aromatic rings. The summed E-state index contributed by atoms with van der Waals surface area (Å²) < 4.78 is 23.0. The van der Waals surface area contributed by atoms with Crippen molar-refractivity contribution < 1.29 is 23.2 Å². The zero-order chi connectivity index (χ0) is 20.8. The lowest BCUT2D eigenvalue weighted by Crippen LogP contribution is -2.21. The summed E-state index contributed by atoms with van der Waals surface area (Å²) in [5, 5.41) is 6.90. The Morgan fingerprint density at radius 3 is 2.62 bits per heavy atom. The fraction of sp³-hybridized carbons (Fsp3) is 0.158. The van der Waals surface area contributed by atoms with Gasteiger partial charge in [-0.25, -0.2) is 4.39 Å². The van der Waals surface area contributed by atoms with Crippen LogP contribution in [0.1, 0.15) is 12.3 Å². The van der Waals surface area contributed by atoms with Crippen LogP contribution in [0.3, 0.4) is 0 Å². The van der Waals surface area contributed by atoms with E-state index in [0.29, 0.717) is 10.8 Å². The highest BCUT2D eigenvalue weighted by Gasteiger charge is 2.13. The van der Waals surface area contributed by atoms with Crippen LogP contribution in [0.5, 0.6) is 0 Å². The molecule has 0 spiro atoms. The number of carbonyl (C=O) groups is 2. The number of rotatable bonds is 7. The number of amides is 1. The number of halogens is 3. The van der Waals surface area contributed by atoms with Crippen LogP contribution in [0.2, 0.25) is 10.0 Å². The number of benzene rings is 2. The van der Waals surface area contributed by atoms with E-state index in [2.05, 4.69) is 15.5 Å². The fourth-order valence-corrected chi connectivity index (χ4v) is 2.62. The van der Waals surface area contributed by atoms with E-state index in [1.807, 2.05) is 0 Å². The highest BCUT2D eigenvalue weighted by atomic mass is 35.5. The molecular formula is C19H14Cl2FN3O4. The maximum absolute atomic E-state index is 13.0. The number of hydrogen-bond acceptors (Lipinski definition) is 6. The third kappa shape index (κ3) is 6.00. The first-order valence-electron chi connectivity index (χ1n) is 8.40. The van der Waals surface area contributed by atoms with Gasteiger partial charge < -0.3 is 14.6 Å². The van der Waals surface area contributed by atoms with Gasteiger partial charge in [-0.15, -0.1) is 0 Å². The quantitative estimate of drug-likeness (QED) is 0.553. The van der Waals surface area contributed by atoms with Crippen molar-refractivity contribution in [3.05, 3.63) is 64.2 Å². The monoisotopic (exact) mass is 437 g/mol. The molecule has 1 amide bonds. The molecule has 2 aromatic carbocycles. The lowest BCUT2D eigenvalue weighted by molar-refractivity contribution is -0.147. The molecular weight excluding hydrogens is 424 g/mol. The van der Waals surface area contributed by atoms with Crippen LogP contribution in [0.4, 0.5) is 10.1 Å². The molecule has 150 valence electrons. The Bertz CT molecular complexity index is 1020. The van der Waals surface area contributed by atoms with Gasteiger partial charge in [-0.3, -0.25) is 9.59 Å². The minimum absolute atomic E-state index is 0.0394. The molecule has 3 rings (SSSR count). The average molecular weight is 438 g/mol. The fourth-order valence-electron chi connectivity index (χ4n) is 2.28. The number of ether oxygens (including phenoxy) is 1. The van der Waals surface area contributed by atoms with E-state index in [1.54, 1.807) is 24.3 Å². The van der Waals surface area contributed by atoms with Crippen LogP contribution >= 0.6 is 23.2 Å². The molecule has 0 aliphatic heterocycles. The Labute approximate surface area is 174 Å². The van der Waals surface area contributed by atoms with Crippen LogP contribution < -0.4 is 5.32 Å². The van der Waals surface area contributed by atoms with Crippen LogP contribution in [-0.4, -0.2) is 28.6 Å². The van der Waals surface area contributed by atoms with Crippen molar-refractivity contribution in [2.24, 2.45) is 0 Å². The number of aryl methyl sites for hydroxylation is 1. The second-order valence-electron chi connectivity index (χ2n) is 5.85. The van der Waals surface area contributed by atoms with E-state index in [9.17, 15) is 14.0 Å². The zero-order valence-electron chi connectivity index (χ0n) is 14.8. The van der Waals surface area contributed by atoms with Crippen LogP contribution in [-0.2, 0) is 20.7 Å². The molecule has 1 aromatic heterocycles. The topological polar surface area (TPSA) is 94.3 Å². The SMILES string of the molecule is O=C(COC(=O)CCc1nc(-c2ccc(Cl)cc2)no1)Nc1ccc(F)cc1Cl. The summed E-state index contributed by atoms with van der Waals surface area (Å²) in [5.74, 6) is -1.11. The van der Waals surface area contributed by atoms with Gasteiger partial charge >= 0.3 is 5.97 Å². The van der Waals surface area contributed by atoms with Gasteiger partial charge in [-0.2, -0.15) is 4.98 Å². The number of nitrogens with one attached hydrogen (secondary N) is 1. The molecule has 0 saturated heterocycles. The molecule has 7 nitrogen and oxygen atoms in total. The lowest BCUT2D eigenvalue weighted by atomic mass is 10.2. The molecule has 10 heteroatoms. The molecule has 1 N–H and O–H groups in total. The largest absolute Gasteiger partial charge is 0.456 e. The van der Waals surface area contributed by atoms with Crippen LogP contribution in [0, 0.1) is 5.82 Å².